The Morgan fingerprint density at radius 3 is 2.78 bits per heavy atom. The molecule has 2 rings (SSSR count). The van der Waals surface area contributed by atoms with Gasteiger partial charge in [-0.3, -0.25) is 4.79 Å². The van der Waals surface area contributed by atoms with Crippen molar-refractivity contribution in [2.24, 2.45) is 0 Å². The number of aldehydes is 1. The van der Waals surface area contributed by atoms with Crippen LogP contribution in [0.4, 0.5) is 0 Å². The summed E-state index contributed by atoms with van der Waals surface area (Å²) in [7, 11) is 1.34. The molecule has 0 spiro atoms. The smallest absolute Gasteiger partial charge is 0.337 e. The normalized spacial score (nSPS) is 10.1. The van der Waals surface area contributed by atoms with Crippen LogP contribution in [-0.2, 0) is 4.74 Å². The number of hydrogen-bond acceptors (Lipinski definition) is 3. The summed E-state index contributed by atoms with van der Waals surface area (Å²) in [6.07, 6.45) is 2.57. The lowest BCUT2D eigenvalue weighted by atomic mass is 10.1. The topological polar surface area (TPSA) is 48.3 Å². The van der Waals surface area contributed by atoms with Gasteiger partial charge in [-0.2, -0.15) is 0 Å². The Bertz CT molecular complexity index is 599. The Balaban J connectivity index is 2.56. The predicted octanol–water partition coefficient (Wildman–Crippen LogP) is 2.38. The highest BCUT2D eigenvalue weighted by Gasteiger charge is 2.10. The molecule has 92 valence electrons. The van der Waals surface area contributed by atoms with Crippen LogP contribution in [0.2, 0.25) is 0 Å². The minimum atomic E-state index is -0.393. The SMILES string of the molecule is COC(=O)c1ccc(C)c(-n2cccc2C=O)c1. The molecule has 0 amide bonds. The van der Waals surface area contributed by atoms with Gasteiger partial charge in [-0.25, -0.2) is 4.79 Å². The maximum Gasteiger partial charge on any atom is 0.337 e. The van der Waals surface area contributed by atoms with Gasteiger partial charge in [0.15, 0.2) is 6.29 Å². The Kier molecular flexibility index (Phi) is 3.28. The second-order valence-corrected chi connectivity index (χ2v) is 3.91. The lowest BCUT2D eigenvalue weighted by Crippen LogP contribution is -2.05. The van der Waals surface area contributed by atoms with Crippen LogP contribution >= 0.6 is 0 Å². The highest BCUT2D eigenvalue weighted by atomic mass is 16.5. The molecular formula is C14H13NO3. The molecule has 4 nitrogen and oxygen atoms in total. The van der Waals surface area contributed by atoms with Crippen LogP contribution in [0, 0.1) is 6.92 Å². The number of rotatable bonds is 3. The summed E-state index contributed by atoms with van der Waals surface area (Å²) in [5.74, 6) is -0.393. The van der Waals surface area contributed by atoms with Crippen molar-refractivity contribution in [3.8, 4) is 5.69 Å². The van der Waals surface area contributed by atoms with Gasteiger partial charge >= 0.3 is 5.97 Å². The van der Waals surface area contributed by atoms with Gasteiger partial charge in [-0.05, 0) is 36.8 Å². The lowest BCUT2D eigenvalue weighted by Gasteiger charge is -2.10. The highest BCUT2D eigenvalue weighted by Crippen LogP contribution is 2.18. The number of esters is 1. The first-order valence-electron chi connectivity index (χ1n) is 5.49. The monoisotopic (exact) mass is 243 g/mol. The van der Waals surface area contributed by atoms with Crippen molar-refractivity contribution in [2.75, 3.05) is 7.11 Å². The van der Waals surface area contributed by atoms with E-state index in [4.69, 9.17) is 0 Å². The second-order valence-electron chi connectivity index (χ2n) is 3.91. The molecule has 0 aliphatic rings. The summed E-state index contributed by atoms with van der Waals surface area (Å²) in [4.78, 5) is 22.4. The van der Waals surface area contributed by atoms with Crippen molar-refractivity contribution in [1.29, 1.82) is 0 Å². The molecule has 4 heteroatoms. The van der Waals surface area contributed by atoms with Gasteiger partial charge < -0.3 is 9.30 Å². The van der Waals surface area contributed by atoms with Crippen molar-refractivity contribution < 1.29 is 14.3 Å². The number of hydrogen-bond donors (Lipinski definition) is 0. The van der Waals surface area contributed by atoms with E-state index in [2.05, 4.69) is 4.74 Å². The van der Waals surface area contributed by atoms with Crippen LogP contribution in [0.1, 0.15) is 26.4 Å². The summed E-state index contributed by atoms with van der Waals surface area (Å²) in [5, 5.41) is 0. The third kappa shape index (κ3) is 2.05. The van der Waals surface area contributed by atoms with Crippen molar-refractivity contribution >= 4 is 12.3 Å². The molecule has 1 heterocycles. The van der Waals surface area contributed by atoms with E-state index in [9.17, 15) is 9.59 Å². The van der Waals surface area contributed by atoms with E-state index >= 15 is 0 Å². The molecule has 2 aromatic rings. The third-order valence-corrected chi connectivity index (χ3v) is 2.79. The minimum absolute atomic E-state index is 0.393. The van der Waals surface area contributed by atoms with Crippen molar-refractivity contribution in [2.45, 2.75) is 6.92 Å². The summed E-state index contributed by atoms with van der Waals surface area (Å²) in [5.41, 5.74) is 2.77. The molecule has 0 saturated heterocycles. The Labute approximate surface area is 105 Å². The predicted molar refractivity (Wildman–Crippen MR) is 67.2 cm³/mol. The van der Waals surface area contributed by atoms with Crippen molar-refractivity contribution in [1.82, 2.24) is 4.57 Å². The standard InChI is InChI=1S/C14H13NO3/c1-10-5-6-11(14(17)18-2)8-13(10)15-7-3-4-12(15)9-16/h3-9H,1-2H3. The van der Waals surface area contributed by atoms with Crippen LogP contribution in [0.3, 0.4) is 0 Å². The average Bonchev–Trinajstić information content (AvgIpc) is 2.86. The first kappa shape index (κ1) is 12.1. The number of benzene rings is 1. The Morgan fingerprint density at radius 1 is 1.33 bits per heavy atom. The van der Waals surface area contributed by atoms with E-state index in [0.717, 1.165) is 17.5 Å². The Morgan fingerprint density at radius 2 is 2.11 bits per heavy atom. The van der Waals surface area contributed by atoms with Crippen LogP contribution in [0.5, 0.6) is 0 Å². The quantitative estimate of drug-likeness (QED) is 0.614. The first-order valence-corrected chi connectivity index (χ1v) is 5.49. The van der Waals surface area contributed by atoms with Gasteiger partial charge in [-0.15, -0.1) is 0 Å². The van der Waals surface area contributed by atoms with Crippen molar-refractivity contribution in [3.63, 3.8) is 0 Å². The number of aryl methyl sites for hydroxylation is 1. The molecule has 0 saturated carbocycles. The van der Waals surface area contributed by atoms with E-state index in [1.807, 2.05) is 13.0 Å². The van der Waals surface area contributed by atoms with Gasteiger partial charge in [0.1, 0.15) is 0 Å². The fourth-order valence-corrected chi connectivity index (χ4v) is 1.82. The molecule has 0 fully saturated rings. The molecule has 0 aliphatic heterocycles. The zero-order chi connectivity index (χ0) is 13.1. The van der Waals surface area contributed by atoms with Gasteiger partial charge in [-0.1, -0.05) is 6.07 Å². The van der Waals surface area contributed by atoms with Crippen LogP contribution in [-0.4, -0.2) is 23.9 Å². The maximum absolute atomic E-state index is 11.5. The fraction of sp³-hybridized carbons (Fsp3) is 0.143. The fourth-order valence-electron chi connectivity index (χ4n) is 1.82. The molecule has 0 N–H and O–H groups in total. The number of nitrogens with zero attached hydrogens (tertiary/aromatic N) is 1. The number of carbonyl (C=O) groups is 2. The minimum Gasteiger partial charge on any atom is -0.465 e. The molecule has 18 heavy (non-hydrogen) atoms. The van der Waals surface area contributed by atoms with E-state index < -0.39 is 5.97 Å². The van der Waals surface area contributed by atoms with Gasteiger partial charge in [0.2, 0.25) is 0 Å². The maximum atomic E-state index is 11.5. The van der Waals surface area contributed by atoms with E-state index in [1.54, 1.807) is 35.0 Å². The molecule has 0 bridgehead atoms. The first-order chi connectivity index (χ1) is 8.67. The van der Waals surface area contributed by atoms with Crippen LogP contribution in [0.15, 0.2) is 36.5 Å². The zero-order valence-corrected chi connectivity index (χ0v) is 10.2. The summed E-state index contributed by atoms with van der Waals surface area (Å²) < 4.78 is 6.43. The van der Waals surface area contributed by atoms with Gasteiger partial charge in [0.05, 0.1) is 18.4 Å². The Hall–Kier alpha value is -2.36. The summed E-state index contributed by atoms with van der Waals surface area (Å²) in [6.45, 7) is 1.92. The molecule has 0 aliphatic carbocycles. The average molecular weight is 243 g/mol. The number of carbonyl (C=O) groups excluding carboxylic acids is 2. The van der Waals surface area contributed by atoms with E-state index in [0.29, 0.717) is 11.3 Å². The van der Waals surface area contributed by atoms with Crippen LogP contribution < -0.4 is 0 Å². The number of methoxy groups -OCH3 is 1. The van der Waals surface area contributed by atoms with Crippen molar-refractivity contribution in [3.05, 3.63) is 53.3 Å². The number of ether oxygens (including phenoxy) is 1. The molecule has 0 radical (unpaired) electrons. The zero-order valence-electron chi connectivity index (χ0n) is 10.2. The molecule has 0 unspecified atom stereocenters. The van der Waals surface area contributed by atoms with E-state index in [1.165, 1.54) is 7.11 Å². The summed E-state index contributed by atoms with van der Waals surface area (Å²) in [6, 6.07) is 8.75. The molecular weight excluding hydrogens is 230 g/mol. The third-order valence-electron chi connectivity index (χ3n) is 2.79. The van der Waals surface area contributed by atoms with E-state index in [-0.39, 0.29) is 0 Å². The highest BCUT2D eigenvalue weighted by molar-refractivity contribution is 5.90. The molecule has 0 atom stereocenters. The second kappa shape index (κ2) is 4.87. The molecule has 1 aromatic heterocycles. The largest absolute Gasteiger partial charge is 0.465 e. The van der Waals surface area contributed by atoms with Gasteiger partial charge in [0, 0.05) is 11.9 Å². The van der Waals surface area contributed by atoms with Crippen LogP contribution in [0.25, 0.3) is 5.69 Å². The number of aromatic nitrogens is 1. The molecule has 1 aromatic carbocycles. The van der Waals surface area contributed by atoms with Gasteiger partial charge in [0.25, 0.3) is 0 Å². The summed E-state index contributed by atoms with van der Waals surface area (Å²) >= 11 is 0. The lowest BCUT2D eigenvalue weighted by molar-refractivity contribution is 0.0600.